The highest BCUT2D eigenvalue weighted by atomic mass is 32.1. The molecule has 1 N–H and O–H groups in total. The number of aromatic nitrogens is 1. The molecule has 0 radical (unpaired) electrons. The number of hydrogen-bond acceptors (Lipinski definition) is 14. The number of nitrogens with zero attached hydrogens (tertiary/aromatic N) is 2. The molecule has 2 bridgehead atoms. The van der Waals surface area contributed by atoms with E-state index in [4.69, 9.17) is 33.1 Å². The van der Waals surface area contributed by atoms with Crippen molar-refractivity contribution in [1.29, 1.82) is 0 Å². The second-order valence-corrected chi connectivity index (χ2v) is 21.7. The van der Waals surface area contributed by atoms with Gasteiger partial charge in [-0.25, -0.2) is 19.4 Å². The molecule has 65 heavy (non-hydrogen) atoms. The lowest BCUT2D eigenvalue weighted by Gasteiger charge is -2.64. The summed E-state index contributed by atoms with van der Waals surface area (Å²) in [5.41, 5.74) is -0.835. The number of anilines is 1. The third-order valence-electron chi connectivity index (χ3n) is 12.0. The average Bonchev–Trinajstić information content (AvgIpc) is 3.80. The summed E-state index contributed by atoms with van der Waals surface area (Å²) in [4.78, 5) is 64.8. The number of Topliss-reactive ketones (excluding diaryl/α,β-unsaturated/α-hetero) is 1. The zero-order valence-electron chi connectivity index (χ0n) is 40.0. The molecule has 3 aromatic rings. The van der Waals surface area contributed by atoms with Crippen molar-refractivity contribution < 1.29 is 52.3 Å². The first kappa shape index (κ1) is 49.4. The number of hydrogen-bond donors (Lipinski definition) is 1. The Labute approximate surface area is 387 Å². The van der Waals surface area contributed by atoms with E-state index in [1.807, 2.05) is 30.3 Å². The van der Waals surface area contributed by atoms with Crippen molar-refractivity contribution in [3.8, 4) is 5.75 Å². The first-order valence-electron chi connectivity index (χ1n) is 22.2. The molecule has 1 aliphatic heterocycles. The standard InChI is InChI=1S/C49H64BN3O11S/c1-45(2,3)60-38(55)22-21-30-19-20-31(41(58-13)39(30)42(56)61-46(4,5)6)23-33(50-63-37-25-32-24-36(48(32,10)11)49(37,12)64-50)26-35(54)40(53-59-27-29-17-15-14-16-18-29)34-28-65-43(51-34)52-44(57)62-47(7,8)9/h14-22,28,32-33,36-37H,23-27H2,1-13H3,(H,51,52,57)/b22-21+,53-40-/t32-,33+,36-,37?,49-/m0/s1. The second-order valence-electron chi connectivity index (χ2n) is 20.9. The van der Waals surface area contributed by atoms with Gasteiger partial charge in [0.1, 0.15) is 40.4 Å². The Hall–Kier alpha value is -5.06. The smallest absolute Gasteiger partial charge is 0.461 e. The van der Waals surface area contributed by atoms with Crippen molar-refractivity contribution in [2.45, 2.75) is 150 Å². The number of ether oxygens (including phenoxy) is 4. The minimum atomic E-state index is -0.860. The fourth-order valence-corrected chi connectivity index (χ4v) is 9.69. The molecule has 4 fully saturated rings. The van der Waals surface area contributed by atoms with Gasteiger partial charge in [0.2, 0.25) is 0 Å². The highest BCUT2D eigenvalue weighted by molar-refractivity contribution is 7.14. The molecular formula is C49H64BN3O11S. The second kappa shape index (κ2) is 19.0. The van der Waals surface area contributed by atoms with Crippen LogP contribution in [0.2, 0.25) is 5.82 Å². The van der Waals surface area contributed by atoms with Crippen LogP contribution in [0.4, 0.5) is 9.93 Å². The van der Waals surface area contributed by atoms with E-state index >= 15 is 0 Å². The number of carbonyl (C=O) groups is 4. The minimum absolute atomic E-state index is 0.0616. The Bertz CT molecular complexity index is 2310. The van der Waals surface area contributed by atoms with Gasteiger partial charge in [-0.1, -0.05) is 61.5 Å². The van der Waals surface area contributed by atoms with E-state index in [-0.39, 0.29) is 64.7 Å². The number of thiazole rings is 1. The van der Waals surface area contributed by atoms with Gasteiger partial charge in [0.15, 0.2) is 16.6 Å². The van der Waals surface area contributed by atoms with E-state index in [0.29, 0.717) is 17.0 Å². The van der Waals surface area contributed by atoms with E-state index in [0.717, 1.165) is 29.7 Å². The highest BCUT2D eigenvalue weighted by Crippen LogP contribution is 2.66. The Balaban J connectivity index is 1.39. The first-order chi connectivity index (χ1) is 30.3. The zero-order chi connectivity index (χ0) is 47.7. The maximum Gasteiger partial charge on any atom is 0.461 e. The van der Waals surface area contributed by atoms with Gasteiger partial charge in [0, 0.05) is 23.7 Å². The Morgan fingerprint density at radius 1 is 0.938 bits per heavy atom. The largest absolute Gasteiger partial charge is 0.496 e. The van der Waals surface area contributed by atoms with Crippen molar-refractivity contribution in [1.82, 2.24) is 4.98 Å². The predicted octanol–water partition coefficient (Wildman–Crippen LogP) is 10.0. The molecule has 3 saturated carbocycles. The van der Waals surface area contributed by atoms with E-state index in [2.05, 4.69) is 36.2 Å². The number of rotatable bonds is 15. The molecule has 4 aliphatic rings. The van der Waals surface area contributed by atoms with Crippen LogP contribution >= 0.6 is 11.3 Å². The van der Waals surface area contributed by atoms with E-state index in [1.54, 1.807) is 79.8 Å². The molecule has 7 rings (SSSR count). The van der Waals surface area contributed by atoms with Gasteiger partial charge in [-0.15, -0.1) is 11.3 Å². The van der Waals surface area contributed by atoms with Crippen molar-refractivity contribution in [2.75, 3.05) is 12.4 Å². The van der Waals surface area contributed by atoms with Crippen LogP contribution in [0, 0.1) is 17.3 Å². The summed E-state index contributed by atoms with van der Waals surface area (Å²) < 4.78 is 36.7. The molecule has 16 heteroatoms. The third-order valence-corrected chi connectivity index (χ3v) is 12.8. The van der Waals surface area contributed by atoms with Crippen LogP contribution in [-0.2, 0) is 51.0 Å². The summed E-state index contributed by atoms with van der Waals surface area (Å²) in [5.74, 6) is -1.36. The summed E-state index contributed by atoms with van der Waals surface area (Å²) >= 11 is 1.11. The van der Waals surface area contributed by atoms with Crippen molar-refractivity contribution in [3.63, 3.8) is 0 Å². The van der Waals surface area contributed by atoms with Crippen molar-refractivity contribution in [2.24, 2.45) is 22.4 Å². The van der Waals surface area contributed by atoms with Crippen LogP contribution < -0.4 is 10.1 Å². The lowest BCUT2D eigenvalue weighted by molar-refractivity contribution is -0.199. The molecule has 1 saturated heterocycles. The van der Waals surface area contributed by atoms with Crippen molar-refractivity contribution in [3.05, 3.63) is 81.9 Å². The van der Waals surface area contributed by atoms with Gasteiger partial charge in [-0.05, 0) is 129 Å². The van der Waals surface area contributed by atoms with Crippen LogP contribution in [0.3, 0.4) is 0 Å². The molecule has 1 aromatic heterocycles. The van der Waals surface area contributed by atoms with Gasteiger partial charge in [-0.3, -0.25) is 10.1 Å². The SMILES string of the molecule is COc1c(C[C@H](CC(=O)/C(=N\OCc2ccccc2)c2csc(NC(=O)OC(C)(C)C)n2)B2OC3C[C@@H]4C[C@@H](C4(C)C)[C@]3(C)O2)ccc(/C=C/C(=O)OC(C)(C)C)c1C(=O)OC(C)(C)C. The molecule has 1 amide bonds. The van der Waals surface area contributed by atoms with Crippen LogP contribution in [0.1, 0.15) is 135 Å². The third kappa shape index (κ3) is 12.1. The van der Waals surface area contributed by atoms with Gasteiger partial charge in [0.25, 0.3) is 0 Å². The molecule has 2 aromatic carbocycles. The van der Waals surface area contributed by atoms with Gasteiger partial charge < -0.3 is 33.1 Å². The lowest BCUT2D eigenvalue weighted by atomic mass is 9.43. The minimum Gasteiger partial charge on any atom is -0.496 e. The molecule has 5 atom stereocenters. The molecular weight excluding hydrogens is 849 g/mol. The fraction of sp³-hybridized carbons (Fsp3) is 0.551. The number of carbonyl (C=O) groups excluding carboxylic acids is 4. The van der Waals surface area contributed by atoms with E-state index in [1.165, 1.54) is 19.3 Å². The number of nitrogens with one attached hydrogen (secondary N) is 1. The highest BCUT2D eigenvalue weighted by Gasteiger charge is 2.68. The topological polar surface area (TPSA) is 170 Å². The van der Waals surface area contributed by atoms with Gasteiger partial charge in [0.05, 0.1) is 18.8 Å². The molecule has 350 valence electrons. The monoisotopic (exact) mass is 913 g/mol. The quantitative estimate of drug-likeness (QED) is 0.0383. The average molecular weight is 914 g/mol. The molecule has 3 aliphatic carbocycles. The summed E-state index contributed by atoms with van der Waals surface area (Å²) in [5, 5.41) is 8.85. The van der Waals surface area contributed by atoms with Gasteiger partial charge in [-0.2, -0.15) is 0 Å². The van der Waals surface area contributed by atoms with E-state index in [9.17, 15) is 19.2 Å². The fourth-order valence-electron chi connectivity index (χ4n) is 9.01. The van der Waals surface area contributed by atoms with E-state index < -0.39 is 59.2 Å². The number of benzene rings is 2. The lowest BCUT2D eigenvalue weighted by Crippen LogP contribution is -2.65. The normalized spacial score (nSPS) is 22.1. The van der Waals surface area contributed by atoms with Crippen LogP contribution in [0.25, 0.3) is 6.08 Å². The number of methoxy groups -OCH3 is 1. The zero-order valence-corrected chi connectivity index (χ0v) is 40.8. The Kier molecular flexibility index (Phi) is 14.5. The number of ketones is 1. The summed E-state index contributed by atoms with van der Waals surface area (Å²) in [7, 11) is 0.624. The Morgan fingerprint density at radius 2 is 1.62 bits per heavy atom. The van der Waals surface area contributed by atoms with Crippen LogP contribution in [-0.4, -0.2) is 77.2 Å². The predicted molar refractivity (Wildman–Crippen MR) is 250 cm³/mol. The summed E-state index contributed by atoms with van der Waals surface area (Å²) in [6, 6.07) is 12.9. The molecule has 0 spiro atoms. The number of esters is 2. The first-order valence-corrected chi connectivity index (χ1v) is 23.0. The molecule has 1 unspecified atom stereocenters. The maximum absolute atomic E-state index is 14.9. The van der Waals surface area contributed by atoms with Crippen LogP contribution in [0.5, 0.6) is 5.75 Å². The number of oxime groups is 1. The maximum atomic E-state index is 14.9. The Morgan fingerprint density at radius 3 is 2.25 bits per heavy atom. The molecule has 14 nitrogen and oxygen atoms in total. The van der Waals surface area contributed by atoms with Crippen molar-refractivity contribution >= 4 is 59.2 Å². The van der Waals surface area contributed by atoms with Gasteiger partial charge >= 0.3 is 25.2 Å². The molecule has 2 heterocycles. The van der Waals surface area contributed by atoms with Crippen LogP contribution in [0.15, 0.2) is 59.1 Å². The number of amides is 1. The summed E-state index contributed by atoms with van der Waals surface area (Å²) in [6.07, 6.45) is 3.75. The summed E-state index contributed by atoms with van der Waals surface area (Å²) in [6.45, 7) is 22.6.